The minimum Gasteiger partial charge on any atom is -0.354 e. The second-order valence-corrected chi connectivity index (χ2v) is 17.4. The molecule has 0 spiro atoms. The maximum atomic E-state index is 13.5. The molecule has 21 nitrogen and oxygen atoms in total. The van der Waals surface area contributed by atoms with E-state index in [9.17, 15) is 4.39 Å². The fraction of sp³-hybridized carbons (Fsp3) is 0.383. The monoisotopic (exact) mass is 934 g/mol. The van der Waals surface area contributed by atoms with Gasteiger partial charge in [0, 0.05) is 115 Å². The average Bonchev–Trinajstić information content (AvgIpc) is 3.87. The molecule has 5 aromatic heterocycles. The number of morpholine rings is 1. The standard InChI is InChI=1S/C47H55FN20O/c1-47(49,36-8-10-38(48)11-9-36)37-27-53-44(54-28-37)65-16-20-67(21-17-65)46-58-33-56-42(62-46)60-39-29-59-68(30-39)40-31-63(22-23-69-40)13-5-12-50-41-55-32-57-45(61-41)66-18-14-64(15-19-66)43-51-25-35(26-52-43)24-34-6-3-2-4-7-34/h2-4,6-11,25-30,32-33,40H,5,12-24,31,49H2,1H3,(H,50,55,57,61)(H,56,58,60,62)/t40?,47-/m0/s1. The number of benzene rings is 2. The van der Waals surface area contributed by atoms with Gasteiger partial charge in [-0.3, -0.25) is 4.90 Å². The summed E-state index contributed by atoms with van der Waals surface area (Å²) in [5.41, 5.74) is 10.4. The Morgan fingerprint density at radius 2 is 1.25 bits per heavy atom. The molecule has 3 fully saturated rings. The van der Waals surface area contributed by atoms with Gasteiger partial charge in [0.1, 0.15) is 18.5 Å². The number of nitrogens with one attached hydrogen (secondary N) is 2. The first-order valence-electron chi connectivity index (χ1n) is 23.3. The SMILES string of the molecule is C[C@](N)(c1ccc(F)cc1)c1cnc(N2CCN(c3ncnc(Nc4cnn(C5CN(CCCNc6ncnc(N7CCN(c8ncc(Cc9ccccc9)cn8)CC7)n6)CCO5)c4)n3)CC2)nc1. The van der Waals surface area contributed by atoms with Gasteiger partial charge in [-0.2, -0.15) is 15.1 Å². The van der Waals surface area contributed by atoms with Crippen LogP contribution in [-0.4, -0.2) is 150 Å². The number of rotatable bonds is 16. The highest BCUT2D eigenvalue weighted by atomic mass is 19.1. The zero-order valence-corrected chi connectivity index (χ0v) is 38.5. The van der Waals surface area contributed by atoms with Crippen molar-refractivity contribution < 1.29 is 9.13 Å². The van der Waals surface area contributed by atoms with Gasteiger partial charge in [0.25, 0.3) is 0 Å². The van der Waals surface area contributed by atoms with Crippen LogP contribution in [0.5, 0.6) is 0 Å². The molecule has 8 heterocycles. The summed E-state index contributed by atoms with van der Waals surface area (Å²) in [6.07, 6.45) is 15.5. The van der Waals surface area contributed by atoms with Crippen molar-refractivity contribution >= 4 is 41.4 Å². The van der Waals surface area contributed by atoms with E-state index in [0.29, 0.717) is 75.6 Å². The number of anilines is 7. The Balaban J connectivity index is 0.645. The summed E-state index contributed by atoms with van der Waals surface area (Å²) in [4.78, 5) is 56.7. The molecule has 356 valence electrons. The zero-order valence-electron chi connectivity index (χ0n) is 38.5. The first-order valence-corrected chi connectivity index (χ1v) is 23.3. The van der Waals surface area contributed by atoms with Crippen LogP contribution in [0.25, 0.3) is 0 Å². The molecule has 3 aliphatic rings. The van der Waals surface area contributed by atoms with Crippen LogP contribution >= 0.6 is 0 Å². The molecule has 2 atom stereocenters. The normalized spacial score (nSPS) is 17.7. The number of piperazine rings is 2. The Bertz CT molecular complexity index is 2730. The van der Waals surface area contributed by atoms with Gasteiger partial charge < -0.3 is 40.7 Å². The molecule has 0 radical (unpaired) electrons. The highest BCUT2D eigenvalue weighted by Gasteiger charge is 2.28. The van der Waals surface area contributed by atoms with Crippen molar-refractivity contribution in [2.24, 2.45) is 5.73 Å². The molecule has 4 N–H and O–H groups in total. The van der Waals surface area contributed by atoms with Crippen molar-refractivity contribution in [3.05, 3.63) is 133 Å². The van der Waals surface area contributed by atoms with Crippen LogP contribution in [0.3, 0.4) is 0 Å². The average molecular weight is 935 g/mol. The van der Waals surface area contributed by atoms with Gasteiger partial charge in [-0.05, 0) is 42.2 Å². The van der Waals surface area contributed by atoms with E-state index in [-0.39, 0.29) is 12.0 Å². The highest BCUT2D eigenvalue weighted by Crippen LogP contribution is 2.27. The summed E-state index contributed by atoms with van der Waals surface area (Å²) >= 11 is 0. The summed E-state index contributed by atoms with van der Waals surface area (Å²) in [6, 6.07) is 16.5. The lowest BCUT2D eigenvalue weighted by molar-refractivity contribution is -0.0748. The molecule has 69 heavy (non-hydrogen) atoms. The van der Waals surface area contributed by atoms with E-state index in [1.165, 1.54) is 24.0 Å². The molecule has 0 aliphatic carbocycles. The number of nitrogens with zero attached hydrogens (tertiary/aromatic N) is 17. The smallest absolute Gasteiger partial charge is 0.232 e. The third-order valence-electron chi connectivity index (χ3n) is 12.7. The van der Waals surface area contributed by atoms with E-state index in [1.807, 2.05) is 36.3 Å². The number of ether oxygens (including phenoxy) is 1. The second-order valence-electron chi connectivity index (χ2n) is 17.4. The Labute approximate surface area is 399 Å². The van der Waals surface area contributed by atoms with Gasteiger partial charge in [-0.25, -0.2) is 48.9 Å². The number of aromatic nitrogens is 12. The van der Waals surface area contributed by atoms with E-state index < -0.39 is 5.54 Å². The maximum absolute atomic E-state index is 13.5. The van der Waals surface area contributed by atoms with Gasteiger partial charge in [0.2, 0.25) is 35.7 Å². The topological polar surface area (TPSA) is 222 Å². The predicted molar refractivity (Wildman–Crippen MR) is 259 cm³/mol. The van der Waals surface area contributed by atoms with Gasteiger partial charge >= 0.3 is 0 Å². The minimum absolute atomic E-state index is 0.237. The van der Waals surface area contributed by atoms with Crippen LogP contribution in [-0.2, 0) is 16.7 Å². The number of hydrogen-bond donors (Lipinski definition) is 3. The zero-order chi connectivity index (χ0) is 47.0. The van der Waals surface area contributed by atoms with Crippen LogP contribution in [0.1, 0.15) is 41.8 Å². The van der Waals surface area contributed by atoms with Crippen LogP contribution in [0.4, 0.5) is 45.8 Å². The summed E-state index contributed by atoms with van der Waals surface area (Å²) < 4.78 is 21.5. The van der Waals surface area contributed by atoms with Crippen molar-refractivity contribution in [1.82, 2.24) is 64.5 Å². The summed E-state index contributed by atoms with van der Waals surface area (Å²) in [7, 11) is 0. The Hall–Kier alpha value is -7.56. The highest BCUT2D eigenvalue weighted by molar-refractivity contribution is 5.52. The summed E-state index contributed by atoms with van der Waals surface area (Å²) in [6.45, 7) is 11.4. The molecule has 0 saturated carbocycles. The molecule has 3 saturated heterocycles. The number of nitrogens with two attached hydrogens (primary N) is 1. The third kappa shape index (κ3) is 11.1. The lowest BCUT2D eigenvalue weighted by Crippen LogP contribution is -2.47. The lowest BCUT2D eigenvalue weighted by Gasteiger charge is -2.35. The van der Waals surface area contributed by atoms with Crippen molar-refractivity contribution in [2.75, 3.05) is 115 Å². The van der Waals surface area contributed by atoms with E-state index in [4.69, 9.17) is 20.4 Å². The molecule has 3 aliphatic heterocycles. The van der Waals surface area contributed by atoms with E-state index >= 15 is 0 Å². The number of hydrogen-bond acceptors (Lipinski definition) is 20. The molecule has 10 rings (SSSR count). The van der Waals surface area contributed by atoms with Crippen molar-refractivity contribution in [2.45, 2.75) is 31.5 Å². The summed E-state index contributed by atoms with van der Waals surface area (Å²) in [5.74, 6) is 3.29. The minimum atomic E-state index is -0.863. The molecular formula is C47H55FN20O. The van der Waals surface area contributed by atoms with Gasteiger partial charge in [0.15, 0.2) is 6.23 Å². The Kier molecular flexibility index (Phi) is 13.6. The molecule has 0 amide bonds. The Morgan fingerprint density at radius 3 is 1.90 bits per heavy atom. The van der Waals surface area contributed by atoms with Crippen LogP contribution in [0.15, 0.2) is 104 Å². The largest absolute Gasteiger partial charge is 0.354 e. The molecular weight excluding hydrogens is 880 g/mol. The fourth-order valence-corrected chi connectivity index (χ4v) is 8.63. The summed E-state index contributed by atoms with van der Waals surface area (Å²) in [5, 5.41) is 11.3. The van der Waals surface area contributed by atoms with E-state index in [2.05, 4.69) is 104 Å². The van der Waals surface area contributed by atoms with E-state index in [0.717, 1.165) is 80.4 Å². The van der Waals surface area contributed by atoms with Crippen LogP contribution < -0.4 is 36.0 Å². The molecule has 1 unspecified atom stereocenters. The Morgan fingerprint density at radius 1 is 0.652 bits per heavy atom. The first kappa shape index (κ1) is 45.2. The van der Waals surface area contributed by atoms with Gasteiger partial charge in [-0.15, -0.1) is 0 Å². The molecule has 22 heteroatoms. The lowest BCUT2D eigenvalue weighted by atomic mass is 9.87. The van der Waals surface area contributed by atoms with E-state index in [1.54, 1.807) is 37.1 Å². The molecule has 7 aromatic rings. The predicted octanol–water partition coefficient (Wildman–Crippen LogP) is 3.52. The van der Waals surface area contributed by atoms with Crippen molar-refractivity contribution in [1.29, 1.82) is 0 Å². The third-order valence-corrected chi connectivity index (χ3v) is 12.7. The quantitative estimate of drug-likeness (QED) is 0.118. The van der Waals surface area contributed by atoms with Gasteiger partial charge in [-0.1, -0.05) is 42.5 Å². The second kappa shape index (κ2) is 20.8. The van der Waals surface area contributed by atoms with Crippen molar-refractivity contribution in [3.63, 3.8) is 0 Å². The van der Waals surface area contributed by atoms with Crippen LogP contribution in [0.2, 0.25) is 0 Å². The molecule has 0 bridgehead atoms. The van der Waals surface area contributed by atoms with Gasteiger partial charge in [0.05, 0.1) is 30.2 Å². The molecule has 2 aromatic carbocycles. The maximum Gasteiger partial charge on any atom is 0.232 e. The fourth-order valence-electron chi connectivity index (χ4n) is 8.63. The first-order chi connectivity index (χ1) is 33.8. The van der Waals surface area contributed by atoms with Crippen LogP contribution in [0, 0.1) is 5.82 Å². The van der Waals surface area contributed by atoms with Crippen molar-refractivity contribution in [3.8, 4) is 0 Å². The number of halogens is 1.